The van der Waals surface area contributed by atoms with Crippen LogP contribution in [0.1, 0.15) is 29.9 Å². The van der Waals surface area contributed by atoms with Crippen LogP contribution in [0.25, 0.3) is 0 Å². The highest BCUT2D eigenvalue weighted by atomic mass is 16.5. The fraction of sp³-hybridized carbons (Fsp3) is 0.421. The zero-order valence-electron chi connectivity index (χ0n) is 14.6. The number of likely N-dealkylation sites (tertiary alicyclic amines) is 1. The summed E-state index contributed by atoms with van der Waals surface area (Å²) in [6.07, 6.45) is 1.78. The summed E-state index contributed by atoms with van der Waals surface area (Å²) in [7, 11) is 1.60. The van der Waals surface area contributed by atoms with E-state index < -0.39 is 0 Å². The largest absolute Gasteiger partial charge is 0.495 e. The molecular formula is C19H24N2O4. The summed E-state index contributed by atoms with van der Waals surface area (Å²) in [5.41, 5.74) is 1.76. The maximum absolute atomic E-state index is 12.8. The first-order valence-corrected chi connectivity index (χ1v) is 8.48. The molecule has 0 radical (unpaired) electrons. The average molecular weight is 344 g/mol. The van der Waals surface area contributed by atoms with Gasteiger partial charge in [0.1, 0.15) is 23.9 Å². The van der Waals surface area contributed by atoms with Crippen LogP contribution in [0.15, 0.2) is 34.7 Å². The fourth-order valence-electron chi connectivity index (χ4n) is 3.24. The molecule has 1 aliphatic heterocycles. The van der Waals surface area contributed by atoms with Crippen molar-refractivity contribution in [2.24, 2.45) is 0 Å². The van der Waals surface area contributed by atoms with E-state index in [1.54, 1.807) is 13.2 Å². The third kappa shape index (κ3) is 4.03. The molecule has 134 valence electrons. The molecule has 3 rings (SSSR count). The molecule has 2 N–H and O–H groups in total. The minimum absolute atomic E-state index is 0.0321. The molecule has 0 spiro atoms. The Morgan fingerprint density at radius 1 is 1.36 bits per heavy atom. The van der Waals surface area contributed by atoms with Crippen LogP contribution in [0, 0.1) is 6.92 Å². The lowest BCUT2D eigenvalue weighted by Gasteiger charge is -2.23. The van der Waals surface area contributed by atoms with Crippen molar-refractivity contribution in [3.8, 4) is 5.75 Å². The maximum atomic E-state index is 12.8. The summed E-state index contributed by atoms with van der Waals surface area (Å²) in [5, 5.41) is 12.1. The topological polar surface area (TPSA) is 74.9 Å². The molecule has 1 aromatic carbocycles. The number of benzene rings is 1. The smallest absolute Gasteiger partial charge is 0.241 e. The number of furan rings is 1. The molecule has 1 fully saturated rings. The van der Waals surface area contributed by atoms with E-state index in [4.69, 9.17) is 14.3 Å². The standard InChI is InChI=1S/C19H24N2O4/c1-13-5-8-18(24-2)16(10-13)20-19(23)17-4-3-9-21(17)11-14-6-7-15(12-22)25-14/h5-8,10,17,22H,3-4,9,11-12H2,1-2H3,(H,20,23)/t17-/m0/s1. The van der Waals surface area contributed by atoms with Gasteiger partial charge in [0.25, 0.3) is 0 Å². The predicted octanol–water partition coefficient (Wildman–Crippen LogP) is 2.69. The first-order valence-electron chi connectivity index (χ1n) is 8.48. The number of methoxy groups -OCH3 is 1. The molecule has 0 saturated carbocycles. The summed E-state index contributed by atoms with van der Waals surface area (Å²) in [5.74, 6) is 1.93. The number of aliphatic hydroxyl groups is 1. The number of hydrogen-bond acceptors (Lipinski definition) is 5. The third-order valence-corrected chi connectivity index (χ3v) is 4.51. The Bertz CT molecular complexity index is 741. The van der Waals surface area contributed by atoms with Crippen molar-refractivity contribution in [2.75, 3.05) is 19.0 Å². The highest BCUT2D eigenvalue weighted by molar-refractivity contribution is 5.96. The van der Waals surface area contributed by atoms with Gasteiger partial charge in [0.05, 0.1) is 25.4 Å². The van der Waals surface area contributed by atoms with Gasteiger partial charge in [0.2, 0.25) is 5.91 Å². The minimum Gasteiger partial charge on any atom is -0.495 e. The summed E-state index contributed by atoms with van der Waals surface area (Å²) >= 11 is 0. The van der Waals surface area contributed by atoms with Gasteiger partial charge < -0.3 is 19.6 Å². The number of nitrogens with one attached hydrogen (secondary N) is 1. The van der Waals surface area contributed by atoms with Gasteiger partial charge in [0, 0.05) is 0 Å². The third-order valence-electron chi connectivity index (χ3n) is 4.51. The van der Waals surface area contributed by atoms with E-state index in [1.165, 1.54) is 0 Å². The molecular weight excluding hydrogens is 320 g/mol. The van der Waals surface area contributed by atoms with Crippen molar-refractivity contribution in [3.05, 3.63) is 47.4 Å². The molecule has 1 aromatic heterocycles. The van der Waals surface area contributed by atoms with Crippen LogP contribution in [-0.2, 0) is 17.9 Å². The van der Waals surface area contributed by atoms with Crippen LogP contribution >= 0.6 is 0 Å². The quantitative estimate of drug-likeness (QED) is 0.843. The lowest BCUT2D eigenvalue weighted by atomic mass is 10.1. The second kappa shape index (κ2) is 7.72. The molecule has 6 heteroatoms. The van der Waals surface area contributed by atoms with Crippen molar-refractivity contribution in [1.29, 1.82) is 0 Å². The van der Waals surface area contributed by atoms with Crippen molar-refractivity contribution in [1.82, 2.24) is 4.90 Å². The Morgan fingerprint density at radius 2 is 2.16 bits per heavy atom. The number of nitrogens with zero attached hydrogens (tertiary/aromatic N) is 1. The first kappa shape index (κ1) is 17.5. The number of anilines is 1. The van der Waals surface area contributed by atoms with E-state index in [0.717, 1.165) is 30.7 Å². The van der Waals surface area contributed by atoms with Crippen LogP contribution in [0.4, 0.5) is 5.69 Å². The molecule has 2 aromatic rings. The van der Waals surface area contributed by atoms with Gasteiger partial charge in [0.15, 0.2) is 0 Å². The molecule has 6 nitrogen and oxygen atoms in total. The molecule has 1 aliphatic rings. The normalized spacial score (nSPS) is 17.6. The lowest BCUT2D eigenvalue weighted by Crippen LogP contribution is -2.39. The number of amides is 1. The van der Waals surface area contributed by atoms with Gasteiger partial charge in [-0.2, -0.15) is 0 Å². The Morgan fingerprint density at radius 3 is 2.88 bits per heavy atom. The maximum Gasteiger partial charge on any atom is 0.241 e. The van der Waals surface area contributed by atoms with E-state index in [0.29, 0.717) is 23.7 Å². The molecule has 0 bridgehead atoms. The second-order valence-electron chi connectivity index (χ2n) is 6.35. The number of carbonyl (C=O) groups is 1. The van der Waals surface area contributed by atoms with Gasteiger partial charge >= 0.3 is 0 Å². The fourth-order valence-corrected chi connectivity index (χ4v) is 3.24. The summed E-state index contributed by atoms with van der Waals surface area (Å²) in [6, 6.07) is 9.13. The van der Waals surface area contributed by atoms with Crippen LogP contribution in [0.2, 0.25) is 0 Å². The van der Waals surface area contributed by atoms with E-state index in [9.17, 15) is 4.79 Å². The van der Waals surface area contributed by atoms with Crippen LogP contribution < -0.4 is 10.1 Å². The highest BCUT2D eigenvalue weighted by Gasteiger charge is 2.31. The predicted molar refractivity (Wildman–Crippen MR) is 94.4 cm³/mol. The van der Waals surface area contributed by atoms with E-state index in [-0.39, 0.29) is 18.6 Å². The van der Waals surface area contributed by atoms with Crippen molar-refractivity contribution < 1.29 is 19.1 Å². The second-order valence-corrected chi connectivity index (χ2v) is 6.35. The highest BCUT2D eigenvalue weighted by Crippen LogP contribution is 2.27. The van der Waals surface area contributed by atoms with Gasteiger partial charge in [-0.25, -0.2) is 0 Å². The number of hydrogen-bond donors (Lipinski definition) is 2. The SMILES string of the molecule is COc1ccc(C)cc1NC(=O)[C@@H]1CCCN1Cc1ccc(CO)o1. The Balaban J connectivity index is 1.69. The van der Waals surface area contributed by atoms with E-state index in [1.807, 2.05) is 31.2 Å². The molecule has 25 heavy (non-hydrogen) atoms. The molecule has 0 aliphatic carbocycles. The van der Waals surface area contributed by atoms with Gasteiger partial charge in [-0.15, -0.1) is 0 Å². The molecule has 2 heterocycles. The zero-order chi connectivity index (χ0) is 17.8. The zero-order valence-corrected chi connectivity index (χ0v) is 14.6. The Labute approximate surface area is 147 Å². The first-order chi connectivity index (χ1) is 12.1. The Kier molecular flexibility index (Phi) is 5.40. The van der Waals surface area contributed by atoms with Crippen LogP contribution in [0.3, 0.4) is 0 Å². The molecule has 0 unspecified atom stereocenters. The minimum atomic E-state index is -0.201. The summed E-state index contributed by atoms with van der Waals surface area (Å²) in [6.45, 7) is 3.27. The molecule has 1 saturated heterocycles. The number of rotatable bonds is 6. The summed E-state index contributed by atoms with van der Waals surface area (Å²) in [4.78, 5) is 14.9. The number of carbonyl (C=O) groups excluding carboxylic acids is 1. The number of aryl methyl sites for hydroxylation is 1. The number of aliphatic hydroxyl groups excluding tert-OH is 1. The van der Waals surface area contributed by atoms with E-state index >= 15 is 0 Å². The van der Waals surface area contributed by atoms with Crippen LogP contribution in [-0.4, -0.2) is 35.6 Å². The van der Waals surface area contributed by atoms with E-state index in [2.05, 4.69) is 10.2 Å². The van der Waals surface area contributed by atoms with Gasteiger partial charge in [-0.3, -0.25) is 9.69 Å². The Hall–Kier alpha value is -2.31. The summed E-state index contributed by atoms with van der Waals surface area (Å²) < 4.78 is 10.9. The van der Waals surface area contributed by atoms with Crippen LogP contribution in [0.5, 0.6) is 5.75 Å². The number of ether oxygens (including phenoxy) is 1. The monoisotopic (exact) mass is 344 g/mol. The van der Waals surface area contributed by atoms with Crippen molar-refractivity contribution >= 4 is 11.6 Å². The van der Waals surface area contributed by atoms with Crippen molar-refractivity contribution in [2.45, 2.75) is 39.0 Å². The molecule has 1 atom stereocenters. The molecule has 1 amide bonds. The van der Waals surface area contributed by atoms with Crippen molar-refractivity contribution in [3.63, 3.8) is 0 Å². The van der Waals surface area contributed by atoms with Gasteiger partial charge in [-0.05, 0) is 56.1 Å². The lowest BCUT2D eigenvalue weighted by molar-refractivity contribution is -0.120. The average Bonchev–Trinajstić information content (AvgIpc) is 3.24. The van der Waals surface area contributed by atoms with Gasteiger partial charge in [-0.1, -0.05) is 6.07 Å².